The predicted molar refractivity (Wildman–Crippen MR) is 84.5 cm³/mol. The van der Waals surface area contributed by atoms with Crippen LogP contribution in [0.5, 0.6) is 0 Å². The summed E-state index contributed by atoms with van der Waals surface area (Å²) in [6.45, 7) is 6.02. The highest BCUT2D eigenvalue weighted by molar-refractivity contribution is 7.91. The minimum atomic E-state index is -3.21. The molecular weight excluding hydrogens is 288 g/mol. The molecule has 0 bridgehead atoms. The van der Waals surface area contributed by atoms with E-state index in [0.717, 1.165) is 31.9 Å². The summed E-state index contributed by atoms with van der Waals surface area (Å²) >= 11 is 0. The second-order valence-electron chi connectivity index (χ2n) is 5.34. The van der Waals surface area contributed by atoms with Gasteiger partial charge in [0.15, 0.2) is 9.84 Å². The van der Waals surface area contributed by atoms with Crippen molar-refractivity contribution in [3.63, 3.8) is 0 Å². The van der Waals surface area contributed by atoms with E-state index in [2.05, 4.69) is 9.80 Å². The summed E-state index contributed by atoms with van der Waals surface area (Å²) in [6.07, 6.45) is 0.626. The molecule has 1 aromatic carbocycles. The van der Waals surface area contributed by atoms with E-state index in [9.17, 15) is 8.42 Å². The van der Waals surface area contributed by atoms with E-state index in [4.69, 9.17) is 5.11 Å². The third kappa shape index (κ3) is 3.96. The molecule has 1 aliphatic heterocycles. The molecule has 1 fully saturated rings. The lowest BCUT2D eigenvalue weighted by Gasteiger charge is -2.36. The van der Waals surface area contributed by atoms with Crippen LogP contribution in [0.15, 0.2) is 29.2 Å². The zero-order chi connectivity index (χ0) is 15.3. The predicted octanol–water partition coefficient (Wildman–Crippen LogP) is 0.985. The third-order valence-electron chi connectivity index (χ3n) is 3.80. The van der Waals surface area contributed by atoms with E-state index in [1.807, 2.05) is 19.1 Å². The second-order valence-corrected chi connectivity index (χ2v) is 7.42. The van der Waals surface area contributed by atoms with Gasteiger partial charge < -0.3 is 10.0 Å². The standard InChI is InChI=1S/C15H24N2O3S/c1-2-13-21(19,20)15-6-4-3-5-14(15)17-9-7-16(8-10-17)11-12-18/h3-6,18H,2,7-13H2,1H3. The molecule has 1 aromatic rings. The fourth-order valence-electron chi connectivity index (χ4n) is 2.71. The molecular formula is C15H24N2O3S. The molecule has 6 heteroatoms. The van der Waals surface area contributed by atoms with Crippen LogP contribution < -0.4 is 4.90 Å². The quantitative estimate of drug-likeness (QED) is 0.848. The van der Waals surface area contributed by atoms with Gasteiger partial charge in [-0.15, -0.1) is 0 Å². The van der Waals surface area contributed by atoms with E-state index in [-0.39, 0.29) is 12.4 Å². The summed E-state index contributed by atoms with van der Waals surface area (Å²) in [6, 6.07) is 7.28. The van der Waals surface area contributed by atoms with Gasteiger partial charge >= 0.3 is 0 Å². The van der Waals surface area contributed by atoms with E-state index in [1.165, 1.54) is 0 Å². The summed E-state index contributed by atoms with van der Waals surface area (Å²) in [7, 11) is -3.21. The van der Waals surface area contributed by atoms with Gasteiger partial charge in [0.25, 0.3) is 0 Å². The number of hydrogen-bond donors (Lipinski definition) is 1. The van der Waals surface area contributed by atoms with Gasteiger partial charge in [-0.3, -0.25) is 4.90 Å². The van der Waals surface area contributed by atoms with Gasteiger partial charge in [-0.2, -0.15) is 0 Å². The van der Waals surface area contributed by atoms with Crippen molar-refractivity contribution >= 4 is 15.5 Å². The van der Waals surface area contributed by atoms with Gasteiger partial charge in [0.05, 0.1) is 22.9 Å². The number of piperazine rings is 1. The summed E-state index contributed by atoms with van der Waals surface area (Å²) in [5.74, 6) is 0.189. The SMILES string of the molecule is CCCS(=O)(=O)c1ccccc1N1CCN(CCO)CC1. The first-order valence-electron chi connectivity index (χ1n) is 7.48. The number of aliphatic hydroxyl groups excluding tert-OH is 1. The Labute approximate surface area is 127 Å². The molecule has 0 atom stereocenters. The first-order valence-corrected chi connectivity index (χ1v) is 9.13. The second kappa shape index (κ2) is 7.24. The number of para-hydroxylation sites is 1. The average molecular weight is 312 g/mol. The number of nitrogens with zero attached hydrogens (tertiary/aromatic N) is 2. The van der Waals surface area contributed by atoms with Gasteiger partial charge in [-0.1, -0.05) is 19.1 Å². The molecule has 1 saturated heterocycles. The summed E-state index contributed by atoms with van der Waals surface area (Å²) in [5.41, 5.74) is 0.814. The van der Waals surface area contributed by atoms with Crippen LogP contribution in [-0.4, -0.2) is 63.5 Å². The van der Waals surface area contributed by atoms with Crippen molar-refractivity contribution in [2.75, 3.05) is 50.0 Å². The Morgan fingerprint density at radius 2 is 1.81 bits per heavy atom. The molecule has 0 spiro atoms. The molecule has 21 heavy (non-hydrogen) atoms. The molecule has 118 valence electrons. The van der Waals surface area contributed by atoms with E-state index < -0.39 is 9.84 Å². The molecule has 1 N–H and O–H groups in total. The number of hydrogen-bond acceptors (Lipinski definition) is 5. The number of rotatable bonds is 6. The van der Waals surface area contributed by atoms with Crippen LogP contribution in [0.4, 0.5) is 5.69 Å². The summed E-state index contributed by atoms with van der Waals surface area (Å²) in [5, 5.41) is 8.98. The zero-order valence-corrected chi connectivity index (χ0v) is 13.3. The number of sulfone groups is 1. The molecule has 0 amide bonds. The van der Waals surface area contributed by atoms with E-state index >= 15 is 0 Å². The van der Waals surface area contributed by atoms with Crippen molar-refractivity contribution in [3.8, 4) is 0 Å². The van der Waals surface area contributed by atoms with Gasteiger partial charge in [-0.25, -0.2) is 8.42 Å². The van der Waals surface area contributed by atoms with Crippen LogP contribution in [0.25, 0.3) is 0 Å². The van der Waals surface area contributed by atoms with Crippen molar-refractivity contribution in [3.05, 3.63) is 24.3 Å². The highest BCUT2D eigenvalue weighted by Gasteiger charge is 2.23. The maximum absolute atomic E-state index is 12.4. The van der Waals surface area contributed by atoms with Gasteiger partial charge in [-0.05, 0) is 18.6 Å². The summed E-state index contributed by atoms with van der Waals surface area (Å²) in [4.78, 5) is 4.78. The van der Waals surface area contributed by atoms with Crippen LogP contribution >= 0.6 is 0 Å². The molecule has 0 radical (unpaired) electrons. The number of anilines is 1. The van der Waals surface area contributed by atoms with E-state index in [1.54, 1.807) is 12.1 Å². The lowest BCUT2D eigenvalue weighted by molar-refractivity contribution is 0.188. The van der Waals surface area contributed by atoms with Crippen molar-refractivity contribution in [2.45, 2.75) is 18.2 Å². The first-order chi connectivity index (χ1) is 10.1. The van der Waals surface area contributed by atoms with Gasteiger partial charge in [0, 0.05) is 32.7 Å². The van der Waals surface area contributed by atoms with Crippen LogP contribution in [0.3, 0.4) is 0 Å². The molecule has 1 aliphatic rings. The third-order valence-corrected chi connectivity index (χ3v) is 5.76. The smallest absolute Gasteiger partial charge is 0.180 e. The van der Waals surface area contributed by atoms with Crippen LogP contribution in [0.1, 0.15) is 13.3 Å². The topological polar surface area (TPSA) is 60.9 Å². The first kappa shape index (κ1) is 16.3. The zero-order valence-electron chi connectivity index (χ0n) is 12.5. The minimum absolute atomic E-state index is 0.168. The Morgan fingerprint density at radius 3 is 2.43 bits per heavy atom. The Morgan fingerprint density at radius 1 is 1.14 bits per heavy atom. The monoisotopic (exact) mass is 312 g/mol. The Balaban J connectivity index is 2.18. The maximum atomic E-state index is 12.4. The molecule has 5 nitrogen and oxygen atoms in total. The van der Waals surface area contributed by atoms with Gasteiger partial charge in [0.2, 0.25) is 0 Å². The minimum Gasteiger partial charge on any atom is -0.395 e. The normalized spacial score (nSPS) is 17.1. The average Bonchev–Trinajstić information content (AvgIpc) is 2.48. The summed E-state index contributed by atoms with van der Waals surface area (Å²) < 4.78 is 24.8. The lowest BCUT2D eigenvalue weighted by Crippen LogP contribution is -2.47. The fourth-order valence-corrected chi connectivity index (χ4v) is 4.27. The van der Waals surface area contributed by atoms with Gasteiger partial charge in [0.1, 0.15) is 0 Å². The van der Waals surface area contributed by atoms with Crippen molar-refractivity contribution in [2.24, 2.45) is 0 Å². The largest absolute Gasteiger partial charge is 0.395 e. The Hall–Kier alpha value is -1.11. The highest BCUT2D eigenvalue weighted by Crippen LogP contribution is 2.27. The van der Waals surface area contributed by atoms with Crippen LogP contribution in [0, 0.1) is 0 Å². The fraction of sp³-hybridized carbons (Fsp3) is 0.600. The van der Waals surface area contributed by atoms with Crippen LogP contribution in [0.2, 0.25) is 0 Å². The Kier molecular flexibility index (Phi) is 5.61. The number of aliphatic hydroxyl groups is 1. The molecule has 1 heterocycles. The molecule has 0 aliphatic carbocycles. The van der Waals surface area contributed by atoms with E-state index in [0.29, 0.717) is 17.9 Å². The number of β-amino-alcohol motifs (C(OH)–C–C–N with tert-alkyl or cyclic N) is 1. The maximum Gasteiger partial charge on any atom is 0.180 e. The number of benzene rings is 1. The van der Waals surface area contributed by atoms with Crippen molar-refractivity contribution < 1.29 is 13.5 Å². The molecule has 0 aromatic heterocycles. The Bertz CT molecular complexity index is 552. The molecule has 0 saturated carbocycles. The lowest BCUT2D eigenvalue weighted by atomic mass is 10.2. The van der Waals surface area contributed by atoms with Crippen molar-refractivity contribution in [1.29, 1.82) is 0 Å². The highest BCUT2D eigenvalue weighted by atomic mass is 32.2. The van der Waals surface area contributed by atoms with Crippen molar-refractivity contribution in [1.82, 2.24) is 4.90 Å². The van der Waals surface area contributed by atoms with Crippen LogP contribution in [-0.2, 0) is 9.84 Å². The molecule has 0 unspecified atom stereocenters. The molecule has 2 rings (SSSR count).